The lowest BCUT2D eigenvalue weighted by molar-refractivity contribution is -0.137. The summed E-state index contributed by atoms with van der Waals surface area (Å²) in [4.78, 5) is 12.0. The molecule has 1 atom stereocenters. The van der Waals surface area contributed by atoms with Gasteiger partial charge in [-0.05, 0) is 38.0 Å². The summed E-state index contributed by atoms with van der Waals surface area (Å²) in [5.41, 5.74) is -0.461. The summed E-state index contributed by atoms with van der Waals surface area (Å²) in [5, 5.41) is 5.65. The van der Waals surface area contributed by atoms with E-state index in [9.17, 15) is 18.0 Å². The van der Waals surface area contributed by atoms with Crippen molar-refractivity contribution >= 4 is 11.6 Å². The minimum atomic E-state index is -4.39. The molecule has 6 heteroatoms. The number of alkyl halides is 3. The number of amides is 1. The van der Waals surface area contributed by atoms with Crippen molar-refractivity contribution < 1.29 is 18.0 Å². The molecule has 1 unspecified atom stereocenters. The molecule has 0 heterocycles. The lowest BCUT2D eigenvalue weighted by atomic mass is 10.1. The normalized spacial score (nSPS) is 13.1. The lowest BCUT2D eigenvalue weighted by Gasteiger charge is -2.20. The molecule has 0 saturated carbocycles. The van der Waals surface area contributed by atoms with Gasteiger partial charge in [0.05, 0.1) is 5.56 Å². The quantitative estimate of drug-likeness (QED) is 0.839. The van der Waals surface area contributed by atoms with Gasteiger partial charge in [0.1, 0.15) is 6.04 Å². The number of halogens is 3. The Balaban J connectivity index is 2.70. The largest absolute Gasteiger partial charge is 0.416 e. The Morgan fingerprint density at radius 1 is 1.24 bits per heavy atom. The molecule has 2 N–H and O–H groups in total. The van der Waals surface area contributed by atoms with Gasteiger partial charge in [0, 0.05) is 11.7 Å². The minimum absolute atomic E-state index is 0.0864. The summed E-state index contributed by atoms with van der Waals surface area (Å²) < 4.78 is 37.9. The van der Waals surface area contributed by atoms with Gasteiger partial charge in [-0.25, -0.2) is 0 Å². The number of hydrogen-bond donors (Lipinski definition) is 2. The van der Waals surface area contributed by atoms with E-state index in [1.54, 1.807) is 6.92 Å². The van der Waals surface area contributed by atoms with Crippen LogP contribution < -0.4 is 10.6 Å². The second kappa shape index (κ2) is 7.33. The van der Waals surface area contributed by atoms with Crippen molar-refractivity contribution in [2.75, 3.05) is 5.32 Å². The summed E-state index contributed by atoms with van der Waals surface area (Å²) in [6, 6.07) is 4.31. The summed E-state index contributed by atoms with van der Waals surface area (Å²) >= 11 is 0. The van der Waals surface area contributed by atoms with Crippen LogP contribution in [-0.4, -0.2) is 18.0 Å². The standard InChI is InChI=1S/C15H21F3N2O/c1-4-12(5-2)20-14(21)10(3)19-13-8-6-7-11(9-13)15(16,17)18/h6-10,12,19H,4-5H2,1-3H3,(H,20,21). The van der Waals surface area contributed by atoms with Crippen LogP contribution >= 0.6 is 0 Å². The number of rotatable bonds is 6. The zero-order valence-electron chi connectivity index (χ0n) is 12.4. The van der Waals surface area contributed by atoms with Gasteiger partial charge in [-0.1, -0.05) is 19.9 Å². The molecule has 1 aromatic carbocycles. The van der Waals surface area contributed by atoms with Crippen LogP contribution in [0.15, 0.2) is 24.3 Å². The minimum Gasteiger partial charge on any atom is -0.374 e. The van der Waals surface area contributed by atoms with Crippen molar-refractivity contribution in [1.29, 1.82) is 0 Å². The molecule has 1 rings (SSSR count). The molecule has 1 amide bonds. The molecule has 3 nitrogen and oxygen atoms in total. The monoisotopic (exact) mass is 302 g/mol. The van der Waals surface area contributed by atoms with Gasteiger partial charge < -0.3 is 10.6 Å². The number of anilines is 1. The highest BCUT2D eigenvalue weighted by atomic mass is 19.4. The number of nitrogens with one attached hydrogen (secondary N) is 2. The van der Waals surface area contributed by atoms with Crippen molar-refractivity contribution in [3.63, 3.8) is 0 Å². The van der Waals surface area contributed by atoms with Crippen LogP contribution in [0, 0.1) is 0 Å². The van der Waals surface area contributed by atoms with E-state index in [2.05, 4.69) is 10.6 Å². The van der Waals surface area contributed by atoms with Gasteiger partial charge in [-0.3, -0.25) is 4.79 Å². The summed E-state index contributed by atoms with van der Waals surface area (Å²) in [7, 11) is 0. The topological polar surface area (TPSA) is 41.1 Å². The molecule has 0 aliphatic rings. The SMILES string of the molecule is CCC(CC)NC(=O)C(C)Nc1cccc(C(F)(F)F)c1. The van der Waals surface area contributed by atoms with E-state index >= 15 is 0 Å². The Morgan fingerprint density at radius 3 is 2.38 bits per heavy atom. The fraction of sp³-hybridized carbons (Fsp3) is 0.533. The van der Waals surface area contributed by atoms with Crippen molar-refractivity contribution in [3.05, 3.63) is 29.8 Å². The molecule has 0 aliphatic heterocycles. The maximum atomic E-state index is 12.6. The Bertz CT molecular complexity index is 470. The number of hydrogen-bond acceptors (Lipinski definition) is 2. The average Bonchev–Trinajstić information content (AvgIpc) is 2.43. The van der Waals surface area contributed by atoms with E-state index in [0.717, 1.165) is 25.0 Å². The molecule has 0 radical (unpaired) electrons. The highest BCUT2D eigenvalue weighted by Gasteiger charge is 2.30. The van der Waals surface area contributed by atoms with E-state index in [4.69, 9.17) is 0 Å². The van der Waals surface area contributed by atoms with Crippen LogP contribution in [0.5, 0.6) is 0 Å². The highest BCUT2D eigenvalue weighted by molar-refractivity contribution is 5.84. The first-order valence-corrected chi connectivity index (χ1v) is 7.02. The van der Waals surface area contributed by atoms with Crippen molar-refractivity contribution in [1.82, 2.24) is 5.32 Å². The van der Waals surface area contributed by atoms with Gasteiger partial charge in [0.25, 0.3) is 0 Å². The Labute approximate surface area is 122 Å². The van der Waals surface area contributed by atoms with Crippen LogP contribution in [0.1, 0.15) is 39.2 Å². The predicted octanol–water partition coefficient (Wildman–Crippen LogP) is 3.81. The van der Waals surface area contributed by atoms with Crippen molar-refractivity contribution in [3.8, 4) is 0 Å². The second-order valence-corrected chi connectivity index (χ2v) is 4.97. The molecule has 0 spiro atoms. The maximum Gasteiger partial charge on any atom is 0.416 e. The van der Waals surface area contributed by atoms with Crippen LogP contribution in [0.4, 0.5) is 18.9 Å². The third-order valence-corrected chi connectivity index (χ3v) is 3.30. The van der Waals surface area contributed by atoms with Gasteiger partial charge >= 0.3 is 6.18 Å². The van der Waals surface area contributed by atoms with Crippen LogP contribution in [0.25, 0.3) is 0 Å². The molecule has 0 fully saturated rings. The number of carbonyl (C=O) groups excluding carboxylic acids is 1. The molecule has 0 bridgehead atoms. The average molecular weight is 302 g/mol. The van der Waals surface area contributed by atoms with Crippen LogP contribution in [0.2, 0.25) is 0 Å². The maximum absolute atomic E-state index is 12.6. The fourth-order valence-corrected chi connectivity index (χ4v) is 1.92. The van der Waals surface area contributed by atoms with Gasteiger partial charge in [-0.2, -0.15) is 13.2 Å². The smallest absolute Gasteiger partial charge is 0.374 e. The number of benzene rings is 1. The first kappa shape index (κ1) is 17.3. The van der Waals surface area contributed by atoms with E-state index in [-0.39, 0.29) is 17.6 Å². The molecule has 0 aliphatic carbocycles. The molecular formula is C15H21F3N2O. The highest BCUT2D eigenvalue weighted by Crippen LogP contribution is 2.30. The second-order valence-electron chi connectivity index (χ2n) is 4.97. The van der Waals surface area contributed by atoms with Crippen LogP contribution in [0.3, 0.4) is 0 Å². The summed E-state index contributed by atoms with van der Waals surface area (Å²) in [5.74, 6) is -0.221. The van der Waals surface area contributed by atoms with Gasteiger partial charge in [0.2, 0.25) is 5.91 Å². The summed E-state index contributed by atoms with van der Waals surface area (Å²) in [6.45, 7) is 5.57. The molecule has 0 aromatic heterocycles. The first-order valence-electron chi connectivity index (χ1n) is 7.02. The Kier molecular flexibility index (Phi) is 6.05. The van der Waals surface area contributed by atoms with Gasteiger partial charge in [-0.15, -0.1) is 0 Å². The Hall–Kier alpha value is -1.72. The first-order chi connectivity index (χ1) is 9.77. The predicted molar refractivity (Wildman–Crippen MR) is 77.0 cm³/mol. The molecule has 21 heavy (non-hydrogen) atoms. The van der Waals surface area contributed by atoms with E-state index in [0.29, 0.717) is 0 Å². The van der Waals surface area contributed by atoms with Crippen LogP contribution in [-0.2, 0) is 11.0 Å². The fourth-order valence-electron chi connectivity index (χ4n) is 1.92. The third kappa shape index (κ3) is 5.28. The third-order valence-electron chi connectivity index (χ3n) is 3.30. The molecule has 0 saturated heterocycles. The van der Waals surface area contributed by atoms with E-state index in [1.807, 2.05) is 13.8 Å². The summed E-state index contributed by atoms with van der Waals surface area (Å²) in [6.07, 6.45) is -2.75. The zero-order chi connectivity index (χ0) is 16.0. The van der Waals surface area contributed by atoms with E-state index < -0.39 is 17.8 Å². The Morgan fingerprint density at radius 2 is 1.86 bits per heavy atom. The molecular weight excluding hydrogens is 281 g/mol. The lowest BCUT2D eigenvalue weighted by Crippen LogP contribution is -2.42. The molecule has 118 valence electrons. The number of carbonyl (C=O) groups is 1. The molecule has 1 aromatic rings. The van der Waals surface area contributed by atoms with Crippen molar-refractivity contribution in [2.24, 2.45) is 0 Å². The van der Waals surface area contributed by atoms with Gasteiger partial charge in [0.15, 0.2) is 0 Å². The van der Waals surface area contributed by atoms with E-state index in [1.165, 1.54) is 12.1 Å². The zero-order valence-corrected chi connectivity index (χ0v) is 12.4. The van der Waals surface area contributed by atoms with Crippen molar-refractivity contribution in [2.45, 2.75) is 51.9 Å².